The summed E-state index contributed by atoms with van der Waals surface area (Å²) in [6.07, 6.45) is 85.7. The van der Waals surface area contributed by atoms with E-state index in [4.69, 9.17) is 14.2 Å². The van der Waals surface area contributed by atoms with Crippen molar-refractivity contribution in [3.8, 4) is 0 Å². The second-order valence-electron chi connectivity index (χ2n) is 23.8. The van der Waals surface area contributed by atoms with Gasteiger partial charge in [-0.1, -0.05) is 326 Å². The van der Waals surface area contributed by atoms with Crippen molar-refractivity contribution in [3.05, 3.63) is 48.6 Å². The van der Waals surface area contributed by atoms with E-state index >= 15 is 0 Å². The number of hydrogen-bond acceptors (Lipinski definition) is 6. The fraction of sp³-hybridized carbons (Fsp3) is 0.849. The largest absolute Gasteiger partial charge is 0.462 e. The van der Waals surface area contributed by atoms with Gasteiger partial charge in [0.1, 0.15) is 13.2 Å². The average molecular weight is 1110 g/mol. The Balaban J connectivity index is 4.16. The Morgan fingerprint density at radius 2 is 0.456 bits per heavy atom. The second-order valence-corrected chi connectivity index (χ2v) is 23.8. The molecule has 0 bridgehead atoms. The minimum absolute atomic E-state index is 0.0735. The van der Waals surface area contributed by atoms with E-state index < -0.39 is 6.10 Å². The van der Waals surface area contributed by atoms with Crippen LogP contribution < -0.4 is 0 Å². The molecule has 0 N–H and O–H groups in total. The number of unbranched alkanes of at least 4 members (excludes halogenated alkanes) is 46. The third-order valence-corrected chi connectivity index (χ3v) is 15.8. The zero-order valence-electron chi connectivity index (χ0n) is 53.2. The van der Waals surface area contributed by atoms with Crippen molar-refractivity contribution in [2.75, 3.05) is 13.2 Å². The molecule has 0 radical (unpaired) electrons. The van der Waals surface area contributed by atoms with Crippen LogP contribution in [0.2, 0.25) is 0 Å². The van der Waals surface area contributed by atoms with Gasteiger partial charge >= 0.3 is 17.9 Å². The zero-order chi connectivity index (χ0) is 57.1. The molecule has 0 aromatic carbocycles. The summed E-state index contributed by atoms with van der Waals surface area (Å²) < 4.78 is 17.0. The maximum atomic E-state index is 12.9. The minimum atomic E-state index is -0.778. The molecule has 1 atom stereocenters. The van der Waals surface area contributed by atoms with Crippen molar-refractivity contribution in [2.24, 2.45) is 0 Å². The molecule has 0 saturated heterocycles. The van der Waals surface area contributed by atoms with Gasteiger partial charge in [-0.3, -0.25) is 14.4 Å². The van der Waals surface area contributed by atoms with Crippen LogP contribution in [-0.2, 0) is 28.6 Å². The molecule has 0 heterocycles. The first kappa shape index (κ1) is 76.4. The van der Waals surface area contributed by atoms with E-state index in [1.54, 1.807) is 0 Å². The number of carbonyl (C=O) groups excluding carboxylic acids is 3. The molecule has 0 saturated carbocycles. The van der Waals surface area contributed by atoms with E-state index in [1.807, 2.05) is 0 Å². The van der Waals surface area contributed by atoms with Crippen LogP contribution in [0.25, 0.3) is 0 Å². The molecule has 0 rings (SSSR count). The number of esters is 3. The first-order valence-corrected chi connectivity index (χ1v) is 35.1. The molecule has 0 aliphatic carbocycles. The summed E-state index contributed by atoms with van der Waals surface area (Å²) in [7, 11) is 0. The van der Waals surface area contributed by atoms with Crippen LogP contribution in [0, 0.1) is 0 Å². The molecule has 0 aromatic heterocycles. The zero-order valence-corrected chi connectivity index (χ0v) is 53.2. The normalized spacial score (nSPS) is 12.3. The Hall–Kier alpha value is -2.63. The topological polar surface area (TPSA) is 78.9 Å². The molecule has 0 spiro atoms. The third kappa shape index (κ3) is 66.1. The van der Waals surface area contributed by atoms with Crippen LogP contribution in [0.15, 0.2) is 48.6 Å². The van der Waals surface area contributed by atoms with Gasteiger partial charge in [-0.2, -0.15) is 0 Å². The van der Waals surface area contributed by atoms with Crippen molar-refractivity contribution in [1.82, 2.24) is 0 Å². The van der Waals surface area contributed by atoms with E-state index in [-0.39, 0.29) is 31.1 Å². The minimum Gasteiger partial charge on any atom is -0.462 e. The van der Waals surface area contributed by atoms with E-state index in [0.29, 0.717) is 19.3 Å². The van der Waals surface area contributed by atoms with Gasteiger partial charge in [-0.05, 0) is 83.5 Å². The second kappa shape index (κ2) is 67.9. The molecule has 0 amide bonds. The van der Waals surface area contributed by atoms with Gasteiger partial charge in [-0.15, -0.1) is 0 Å². The van der Waals surface area contributed by atoms with Crippen LogP contribution >= 0.6 is 0 Å². The summed E-state index contributed by atoms with van der Waals surface area (Å²) >= 11 is 0. The summed E-state index contributed by atoms with van der Waals surface area (Å²) in [5.41, 5.74) is 0. The summed E-state index contributed by atoms with van der Waals surface area (Å²) in [6.45, 7) is 6.66. The highest BCUT2D eigenvalue weighted by atomic mass is 16.6. The van der Waals surface area contributed by atoms with E-state index in [9.17, 15) is 14.4 Å². The Kier molecular flexibility index (Phi) is 65.6. The summed E-state index contributed by atoms with van der Waals surface area (Å²) in [5, 5.41) is 0. The van der Waals surface area contributed by atoms with Gasteiger partial charge in [-0.25, -0.2) is 0 Å². The molecule has 6 heteroatoms. The van der Waals surface area contributed by atoms with E-state index in [2.05, 4.69) is 69.4 Å². The highest BCUT2D eigenvalue weighted by Gasteiger charge is 2.19. The summed E-state index contributed by atoms with van der Waals surface area (Å²) in [5.74, 6) is -0.862. The fourth-order valence-electron chi connectivity index (χ4n) is 10.5. The van der Waals surface area contributed by atoms with Gasteiger partial charge < -0.3 is 14.2 Å². The van der Waals surface area contributed by atoms with Crippen molar-refractivity contribution in [1.29, 1.82) is 0 Å². The SMILES string of the molecule is CCCCCC/C=C\C/C=C\CCCCCCCC(=O)OC(COC(=O)CCCCCCCCCCCCCCCC)COC(=O)CCCCCCCCCCCCCCCCCCCCC/C=C\C/C=C\CCCCCCC. The lowest BCUT2D eigenvalue weighted by Gasteiger charge is -2.18. The maximum Gasteiger partial charge on any atom is 0.306 e. The quantitative estimate of drug-likeness (QED) is 0.0261. The highest BCUT2D eigenvalue weighted by Crippen LogP contribution is 2.18. The molecule has 0 fully saturated rings. The van der Waals surface area contributed by atoms with Crippen LogP contribution in [0.1, 0.15) is 380 Å². The number of hydrogen-bond donors (Lipinski definition) is 0. The Labute approximate surface area is 492 Å². The Bertz CT molecular complexity index is 1360. The lowest BCUT2D eigenvalue weighted by atomic mass is 10.0. The molecular weight excluding hydrogens is 973 g/mol. The van der Waals surface area contributed by atoms with E-state index in [0.717, 1.165) is 89.9 Å². The van der Waals surface area contributed by atoms with Gasteiger partial charge in [0.15, 0.2) is 6.10 Å². The van der Waals surface area contributed by atoms with Crippen LogP contribution in [0.5, 0.6) is 0 Å². The molecule has 0 aromatic rings. The van der Waals surface area contributed by atoms with Crippen molar-refractivity contribution in [2.45, 2.75) is 386 Å². The fourth-order valence-corrected chi connectivity index (χ4v) is 10.5. The number of allylic oxidation sites excluding steroid dienone is 8. The number of carbonyl (C=O) groups is 3. The van der Waals surface area contributed by atoms with Crippen molar-refractivity contribution >= 4 is 17.9 Å². The highest BCUT2D eigenvalue weighted by molar-refractivity contribution is 5.71. The van der Waals surface area contributed by atoms with Crippen LogP contribution in [0.3, 0.4) is 0 Å². The van der Waals surface area contributed by atoms with Gasteiger partial charge in [0, 0.05) is 19.3 Å². The maximum absolute atomic E-state index is 12.9. The Morgan fingerprint density at radius 3 is 0.709 bits per heavy atom. The molecule has 79 heavy (non-hydrogen) atoms. The lowest BCUT2D eigenvalue weighted by Crippen LogP contribution is -2.30. The summed E-state index contributed by atoms with van der Waals surface area (Å²) in [4.78, 5) is 38.4. The molecule has 1 unspecified atom stereocenters. The smallest absolute Gasteiger partial charge is 0.306 e. The van der Waals surface area contributed by atoms with Gasteiger partial charge in [0.2, 0.25) is 0 Å². The third-order valence-electron chi connectivity index (χ3n) is 15.8. The standard InChI is InChI=1S/C73H134O6/c1-4-7-10-13-16-19-22-25-28-30-31-32-33-34-35-36-37-38-39-40-41-42-43-44-46-48-51-54-57-60-63-66-72(75)78-69-70(68-77-71(74)65-62-59-56-53-50-47-27-24-21-18-15-12-9-6-3)79-73(76)67-64-61-58-55-52-49-45-29-26-23-20-17-14-11-8-5-2/h20,22-23,25,29-31,45,70H,4-19,21,24,26-28,32-44,46-69H2,1-3H3/b23-20-,25-22-,31-30-,45-29-. The molecular formula is C73H134O6. The predicted molar refractivity (Wildman–Crippen MR) is 344 cm³/mol. The number of rotatable bonds is 65. The van der Waals surface area contributed by atoms with Gasteiger partial charge in [0.05, 0.1) is 0 Å². The Morgan fingerprint density at radius 1 is 0.253 bits per heavy atom. The predicted octanol–water partition coefficient (Wildman–Crippen LogP) is 24.1. The first-order valence-electron chi connectivity index (χ1n) is 35.1. The monoisotopic (exact) mass is 1110 g/mol. The molecule has 0 aliphatic rings. The lowest BCUT2D eigenvalue weighted by molar-refractivity contribution is -0.167. The molecule has 462 valence electrons. The van der Waals surface area contributed by atoms with Crippen molar-refractivity contribution < 1.29 is 28.6 Å². The first-order chi connectivity index (χ1) is 39.0. The summed E-state index contributed by atoms with van der Waals surface area (Å²) in [6, 6.07) is 0. The average Bonchev–Trinajstić information content (AvgIpc) is 3.45. The van der Waals surface area contributed by atoms with E-state index in [1.165, 1.54) is 250 Å². The van der Waals surface area contributed by atoms with Crippen molar-refractivity contribution in [3.63, 3.8) is 0 Å². The molecule has 6 nitrogen and oxygen atoms in total. The van der Waals surface area contributed by atoms with Crippen LogP contribution in [-0.4, -0.2) is 37.2 Å². The van der Waals surface area contributed by atoms with Gasteiger partial charge in [0.25, 0.3) is 0 Å². The van der Waals surface area contributed by atoms with Crippen LogP contribution in [0.4, 0.5) is 0 Å². The number of ether oxygens (including phenoxy) is 3. The molecule has 0 aliphatic heterocycles.